The molecule has 0 atom stereocenters. The smallest absolute Gasteiger partial charge is 0.203 e. The van der Waals surface area contributed by atoms with E-state index in [9.17, 15) is 0 Å². The van der Waals surface area contributed by atoms with Crippen molar-refractivity contribution >= 4 is 11.6 Å². The van der Waals surface area contributed by atoms with Crippen LogP contribution in [0.1, 0.15) is 27.7 Å². The molecule has 1 aromatic heterocycles. The second-order valence-electron chi connectivity index (χ2n) is 5.14. The Kier molecular flexibility index (Phi) is 4.15. The molecule has 17 heavy (non-hydrogen) atoms. The molecule has 0 unspecified atom stereocenters. The Morgan fingerprint density at radius 1 is 1.41 bits per heavy atom. The maximum absolute atomic E-state index is 5.71. The van der Waals surface area contributed by atoms with E-state index in [-0.39, 0.29) is 5.41 Å². The Balaban J connectivity index is 2.79. The lowest BCUT2D eigenvalue weighted by atomic mass is 9.81. The van der Waals surface area contributed by atoms with Crippen LogP contribution in [0.15, 0.2) is 6.33 Å². The lowest BCUT2D eigenvalue weighted by Crippen LogP contribution is -2.29. The van der Waals surface area contributed by atoms with Crippen LogP contribution in [0.3, 0.4) is 0 Å². The normalized spacial score (nSPS) is 11.6. The molecule has 0 amide bonds. The molecule has 1 aromatic rings. The zero-order chi connectivity index (χ0) is 13.1. The molecular formula is C12H22N4O. The number of hydrogen-bond donors (Lipinski definition) is 2. The third kappa shape index (κ3) is 3.22. The molecule has 3 N–H and O–H groups in total. The molecule has 5 heteroatoms. The molecule has 0 aliphatic carbocycles. The van der Waals surface area contributed by atoms with E-state index in [4.69, 9.17) is 10.5 Å². The molecule has 0 aromatic carbocycles. The van der Waals surface area contributed by atoms with Crippen LogP contribution in [-0.4, -0.2) is 23.6 Å². The van der Waals surface area contributed by atoms with Crippen molar-refractivity contribution in [2.45, 2.75) is 27.7 Å². The first kappa shape index (κ1) is 13.5. The molecule has 0 aliphatic heterocycles. The maximum Gasteiger partial charge on any atom is 0.203 e. The van der Waals surface area contributed by atoms with E-state index in [0.29, 0.717) is 23.3 Å². The molecule has 0 radical (unpaired) electrons. The van der Waals surface area contributed by atoms with Crippen molar-refractivity contribution in [2.24, 2.45) is 11.3 Å². The minimum absolute atomic E-state index is 0.171. The fourth-order valence-corrected chi connectivity index (χ4v) is 1.23. The molecule has 0 saturated carbocycles. The summed E-state index contributed by atoms with van der Waals surface area (Å²) in [5.74, 6) is 2.08. The fraction of sp³-hybridized carbons (Fsp3) is 0.667. The Bertz CT molecular complexity index is 377. The third-order valence-corrected chi connectivity index (χ3v) is 3.31. The number of ether oxygens (including phenoxy) is 1. The van der Waals surface area contributed by atoms with Crippen LogP contribution < -0.4 is 15.8 Å². The second-order valence-corrected chi connectivity index (χ2v) is 5.14. The van der Waals surface area contributed by atoms with Gasteiger partial charge in [-0.3, -0.25) is 0 Å². The topological polar surface area (TPSA) is 73.1 Å². The van der Waals surface area contributed by atoms with Crippen molar-refractivity contribution in [2.75, 3.05) is 24.7 Å². The fourth-order valence-electron chi connectivity index (χ4n) is 1.23. The molecule has 96 valence electrons. The van der Waals surface area contributed by atoms with E-state index in [1.165, 1.54) is 6.33 Å². The van der Waals surface area contributed by atoms with Gasteiger partial charge in [-0.1, -0.05) is 27.7 Å². The molecule has 0 saturated heterocycles. The first-order valence-electron chi connectivity index (χ1n) is 5.77. The van der Waals surface area contributed by atoms with Crippen LogP contribution >= 0.6 is 0 Å². The molecule has 0 spiro atoms. The van der Waals surface area contributed by atoms with E-state index < -0.39 is 0 Å². The maximum atomic E-state index is 5.71. The van der Waals surface area contributed by atoms with E-state index in [0.717, 1.165) is 6.54 Å². The number of anilines is 2. The zero-order valence-electron chi connectivity index (χ0n) is 11.2. The summed E-state index contributed by atoms with van der Waals surface area (Å²) in [6, 6.07) is 0. The predicted molar refractivity (Wildman–Crippen MR) is 70.1 cm³/mol. The Labute approximate surface area is 103 Å². The van der Waals surface area contributed by atoms with Gasteiger partial charge in [0.15, 0.2) is 11.6 Å². The van der Waals surface area contributed by atoms with Gasteiger partial charge < -0.3 is 15.8 Å². The molecular weight excluding hydrogens is 216 g/mol. The summed E-state index contributed by atoms with van der Waals surface area (Å²) in [4.78, 5) is 8.04. The highest BCUT2D eigenvalue weighted by Crippen LogP contribution is 2.30. The van der Waals surface area contributed by atoms with Crippen LogP contribution in [0.5, 0.6) is 5.75 Å². The second kappa shape index (κ2) is 5.21. The molecule has 0 bridgehead atoms. The molecule has 1 heterocycles. The highest BCUT2D eigenvalue weighted by Gasteiger charge is 2.23. The molecule has 5 nitrogen and oxygen atoms in total. The summed E-state index contributed by atoms with van der Waals surface area (Å²) in [6.45, 7) is 9.63. The Morgan fingerprint density at radius 3 is 2.59 bits per heavy atom. The standard InChI is InChI=1S/C12H22N4O/c1-8(2)12(3,4)6-14-11-9(17-5)10(13)15-7-16-11/h7-8H,6H2,1-5H3,(H3,13,14,15,16). The van der Waals surface area contributed by atoms with Gasteiger partial charge in [-0.05, 0) is 11.3 Å². The SMILES string of the molecule is COc1c(N)ncnc1NCC(C)(C)C(C)C. The summed E-state index contributed by atoms with van der Waals surface area (Å²) >= 11 is 0. The zero-order valence-corrected chi connectivity index (χ0v) is 11.2. The highest BCUT2D eigenvalue weighted by atomic mass is 16.5. The number of nitrogens with two attached hydrogens (primary N) is 1. The number of nitrogens with zero attached hydrogens (tertiary/aromatic N) is 2. The minimum Gasteiger partial charge on any atom is -0.490 e. The monoisotopic (exact) mass is 238 g/mol. The largest absolute Gasteiger partial charge is 0.490 e. The number of rotatable bonds is 5. The summed E-state index contributed by atoms with van der Waals surface area (Å²) in [5.41, 5.74) is 5.89. The van der Waals surface area contributed by atoms with Gasteiger partial charge in [0.25, 0.3) is 0 Å². The van der Waals surface area contributed by atoms with Crippen LogP contribution in [0.2, 0.25) is 0 Å². The highest BCUT2D eigenvalue weighted by molar-refractivity contribution is 5.61. The van der Waals surface area contributed by atoms with Crippen LogP contribution in [0.4, 0.5) is 11.6 Å². The van der Waals surface area contributed by atoms with Crippen LogP contribution in [0, 0.1) is 11.3 Å². The van der Waals surface area contributed by atoms with Gasteiger partial charge >= 0.3 is 0 Å². The van der Waals surface area contributed by atoms with E-state index in [1.807, 2.05) is 0 Å². The molecule has 1 rings (SSSR count). The van der Waals surface area contributed by atoms with Crippen molar-refractivity contribution in [3.63, 3.8) is 0 Å². The van der Waals surface area contributed by atoms with Crippen molar-refractivity contribution in [1.82, 2.24) is 9.97 Å². The predicted octanol–water partition coefficient (Wildman–Crippen LogP) is 2.16. The van der Waals surface area contributed by atoms with Crippen molar-refractivity contribution in [1.29, 1.82) is 0 Å². The summed E-state index contributed by atoms with van der Waals surface area (Å²) in [6.07, 6.45) is 1.43. The summed E-state index contributed by atoms with van der Waals surface area (Å²) in [5, 5.41) is 3.27. The van der Waals surface area contributed by atoms with E-state index >= 15 is 0 Å². The first-order chi connectivity index (χ1) is 7.88. The van der Waals surface area contributed by atoms with Gasteiger partial charge in [0.2, 0.25) is 5.75 Å². The Morgan fingerprint density at radius 2 is 2.06 bits per heavy atom. The summed E-state index contributed by atoms with van der Waals surface area (Å²) in [7, 11) is 1.56. The quantitative estimate of drug-likeness (QED) is 0.822. The Hall–Kier alpha value is -1.52. The van der Waals surface area contributed by atoms with E-state index in [2.05, 4.69) is 43.0 Å². The van der Waals surface area contributed by atoms with Crippen molar-refractivity contribution < 1.29 is 4.74 Å². The lowest BCUT2D eigenvalue weighted by molar-refractivity contribution is 0.269. The average Bonchev–Trinajstić information content (AvgIpc) is 2.26. The first-order valence-corrected chi connectivity index (χ1v) is 5.77. The summed E-state index contributed by atoms with van der Waals surface area (Å²) < 4.78 is 5.19. The number of nitrogens with one attached hydrogen (secondary N) is 1. The number of methoxy groups -OCH3 is 1. The van der Waals surface area contributed by atoms with Crippen molar-refractivity contribution in [3.8, 4) is 5.75 Å². The number of nitrogen functional groups attached to an aromatic ring is 1. The van der Waals surface area contributed by atoms with Gasteiger partial charge in [-0.2, -0.15) is 0 Å². The van der Waals surface area contributed by atoms with E-state index in [1.54, 1.807) is 7.11 Å². The van der Waals surface area contributed by atoms with Crippen LogP contribution in [0.25, 0.3) is 0 Å². The van der Waals surface area contributed by atoms with Gasteiger partial charge in [-0.15, -0.1) is 0 Å². The van der Waals surface area contributed by atoms with Gasteiger partial charge in [-0.25, -0.2) is 9.97 Å². The average molecular weight is 238 g/mol. The molecule has 0 aliphatic rings. The van der Waals surface area contributed by atoms with Gasteiger partial charge in [0.05, 0.1) is 7.11 Å². The molecule has 0 fully saturated rings. The third-order valence-electron chi connectivity index (χ3n) is 3.31. The van der Waals surface area contributed by atoms with Gasteiger partial charge in [0, 0.05) is 6.54 Å². The number of hydrogen-bond acceptors (Lipinski definition) is 5. The number of aromatic nitrogens is 2. The van der Waals surface area contributed by atoms with Gasteiger partial charge in [0.1, 0.15) is 6.33 Å². The van der Waals surface area contributed by atoms with Crippen LogP contribution in [-0.2, 0) is 0 Å². The minimum atomic E-state index is 0.171. The van der Waals surface area contributed by atoms with Crippen molar-refractivity contribution in [3.05, 3.63) is 6.33 Å². The lowest BCUT2D eigenvalue weighted by Gasteiger charge is -2.29.